The minimum Gasteiger partial charge on any atom is -0.351 e. The molecule has 0 radical (unpaired) electrons. The van der Waals surface area contributed by atoms with Crippen LogP contribution in [-0.4, -0.2) is 42.9 Å². The Balaban J connectivity index is 1.30. The van der Waals surface area contributed by atoms with E-state index in [1.165, 1.54) is 24.6 Å². The number of hydrogen-bond acceptors (Lipinski definition) is 4. The summed E-state index contributed by atoms with van der Waals surface area (Å²) in [5.41, 5.74) is 3.36. The molecule has 1 N–H and O–H groups in total. The highest BCUT2D eigenvalue weighted by molar-refractivity contribution is 8.04. The largest absolute Gasteiger partial charge is 0.351 e. The second kappa shape index (κ2) is 11.3. The lowest BCUT2D eigenvalue weighted by molar-refractivity contribution is -0.114. The Kier molecular flexibility index (Phi) is 7.75. The number of benzene rings is 3. The molecule has 0 bridgehead atoms. The van der Waals surface area contributed by atoms with Crippen LogP contribution in [0.4, 0.5) is 5.69 Å². The summed E-state index contributed by atoms with van der Waals surface area (Å²) in [7, 11) is 0. The van der Waals surface area contributed by atoms with Gasteiger partial charge >= 0.3 is 0 Å². The van der Waals surface area contributed by atoms with Gasteiger partial charge in [-0.2, -0.15) is 0 Å². The summed E-state index contributed by atoms with van der Waals surface area (Å²) in [5.74, 6) is -0.124. The van der Waals surface area contributed by atoms with E-state index in [-0.39, 0.29) is 11.8 Å². The van der Waals surface area contributed by atoms with Crippen LogP contribution >= 0.6 is 23.4 Å². The molecular formula is C29H28ClN3O2S. The lowest BCUT2D eigenvalue weighted by atomic mass is 10.1. The van der Waals surface area contributed by atoms with Crippen molar-refractivity contribution in [3.8, 4) is 0 Å². The Morgan fingerprint density at radius 3 is 2.56 bits per heavy atom. The predicted octanol–water partition coefficient (Wildman–Crippen LogP) is 5.85. The highest BCUT2D eigenvalue weighted by Gasteiger charge is 2.29. The zero-order valence-electron chi connectivity index (χ0n) is 20.0. The average Bonchev–Trinajstić information content (AvgIpc) is 3.40. The molecule has 0 aromatic heterocycles. The van der Waals surface area contributed by atoms with Gasteiger partial charge in [-0.3, -0.25) is 9.59 Å². The lowest BCUT2D eigenvalue weighted by Crippen LogP contribution is -2.33. The fourth-order valence-corrected chi connectivity index (χ4v) is 5.83. The second-order valence-electron chi connectivity index (χ2n) is 9.03. The summed E-state index contributed by atoms with van der Waals surface area (Å²) >= 11 is 7.65. The van der Waals surface area contributed by atoms with E-state index in [1.807, 2.05) is 78.9 Å². The Bertz CT molecular complexity index is 1290. The van der Waals surface area contributed by atoms with E-state index in [0.29, 0.717) is 28.6 Å². The molecule has 2 heterocycles. The molecule has 0 unspecified atom stereocenters. The van der Waals surface area contributed by atoms with Crippen LogP contribution in [0.5, 0.6) is 0 Å². The van der Waals surface area contributed by atoms with E-state index in [2.05, 4.69) is 10.2 Å². The number of amides is 2. The number of carbonyl (C=O) groups excluding carboxylic acids is 2. The Morgan fingerprint density at radius 1 is 1.00 bits per heavy atom. The van der Waals surface area contributed by atoms with Gasteiger partial charge in [-0.1, -0.05) is 59.8 Å². The van der Waals surface area contributed by atoms with Gasteiger partial charge in [0.15, 0.2) is 0 Å². The Morgan fingerprint density at radius 2 is 1.78 bits per heavy atom. The molecular weight excluding hydrogens is 490 g/mol. The number of nitrogens with zero attached hydrogens (tertiary/aromatic N) is 2. The molecule has 0 atom stereocenters. The van der Waals surface area contributed by atoms with Crippen LogP contribution in [0.3, 0.4) is 0 Å². The van der Waals surface area contributed by atoms with Gasteiger partial charge in [0.1, 0.15) is 0 Å². The SMILES string of the molecule is O=C(NCCN1CCCC1)c1ccc(/C=C2/Sc3ccccc3N(Cc3cccc(Cl)c3)C2=O)cc1. The zero-order valence-corrected chi connectivity index (χ0v) is 21.5. The molecule has 0 spiro atoms. The third-order valence-corrected chi connectivity index (χ3v) is 7.76. The molecule has 36 heavy (non-hydrogen) atoms. The number of halogens is 1. The number of nitrogens with one attached hydrogen (secondary N) is 1. The number of rotatable bonds is 7. The molecule has 1 fully saturated rings. The fourth-order valence-electron chi connectivity index (χ4n) is 4.55. The van der Waals surface area contributed by atoms with E-state index >= 15 is 0 Å². The summed E-state index contributed by atoms with van der Waals surface area (Å²) in [6.07, 6.45) is 4.38. The van der Waals surface area contributed by atoms with Crippen molar-refractivity contribution in [3.63, 3.8) is 0 Å². The first-order valence-corrected chi connectivity index (χ1v) is 13.4. The topological polar surface area (TPSA) is 52.7 Å². The van der Waals surface area contributed by atoms with E-state index in [0.717, 1.165) is 41.3 Å². The first-order valence-electron chi connectivity index (χ1n) is 12.2. The molecule has 2 aliphatic rings. The standard InChI is InChI=1S/C29H28ClN3O2S/c30-24-7-5-6-22(18-24)20-33-25-8-1-2-9-26(25)36-27(29(33)35)19-21-10-12-23(13-11-21)28(34)31-14-17-32-15-3-4-16-32/h1-2,5-13,18-19H,3-4,14-17,20H2,(H,31,34)/b27-19+. The molecule has 3 aromatic carbocycles. The lowest BCUT2D eigenvalue weighted by Gasteiger charge is -2.30. The van der Waals surface area contributed by atoms with Gasteiger partial charge in [0.2, 0.25) is 0 Å². The van der Waals surface area contributed by atoms with E-state index < -0.39 is 0 Å². The summed E-state index contributed by atoms with van der Waals surface area (Å²) in [6.45, 7) is 4.22. The number of thioether (sulfide) groups is 1. The summed E-state index contributed by atoms with van der Waals surface area (Å²) in [5, 5.41) is 3.66. The van der Waals surface area contributed by atoms with E-state index in [4.69, 9.17) is 11.6 Å². The number of likely N-dealkylation sites (tertiary alicyclic amines) is 1. The Labute approximate surface area is 221 Å². The van der Waals surface area contributed by atoms with Crippen LogP contribution in [-0.2, 0) is 11.3 Å². The van der Waals surface area contributed by atoms with Crippen LogP contribution in [0, 0.1) is 0 Å². The van der Waals surface area contributed by atoms with Crippen molar-refractivity contribution in [3.05, 3.63) is 99.4 Å². The average molecular weight is 518 g/mol. The maximum Gasteiger partial charge on any atom is 0.265 e. The van der Waals surface area contributed by atoms with Gasteiger partial charge in [-0.05, 0) is 79.5 Å². The third-order valence-electron chi connectivity index (χ3n) is 6.44. The molecule has 184 valence electrons. The monoisotopic (exact) mass is 517 g/mol. The van der Waals surface area contributed by atoms with Gasteiger partial charge in [0.25, 0.3) is 11.8 Å². The molecule has 7 heteroatoms. The maximum atomic E-state index is 13.5. The van der Waals surface area contributed by atoms with Crippen LogP contribution in [0.1, 0.15) is 34.3 Å². The quantitative estimate of drug-likeness (QED) is 0.400. The van der Waals surface area contributed by atoms with Crippen LogP contribution in [0.2, 0.25) is 5.02 Å². The molecule has 2 aliphatic heterocycles. The van der Waals surface area contributed by atoms with Crippen molar-refractivity contribution in [1.82, 2.24) is 10.2 Å². The minimum absolute atomic E-state index is 0.0533. The summed E-state index contributed by atoms with van der Waals surface area (Å²) < 4.78 is 0. The van der Waals surface area contributed by atoms with Crippen molar-refractivity contribution in [2.75, 3.05) is 31.1 Å². The van der Waals surface area contributed by atoms with Gasteiger partial charge in [-0.25, -0.2) is 0 Å². The normalized spacial score (nSPS) is 16.9. The first-order chi connectivity index (χ1) is 17.6. The van der Waals surface area contributed by atoms with Crippen molar-refractivity contribution >= 4 is 46.9 Å². The summed E-state index contributed by atoms with van der Waals surface area (Å²) in [4.78, 5) is 31.9. The molecule has 3 aromatic rings. The second-order valence-corrected chi connectivity index (χ2v) is 10.5. The van der Waals surface area contributed by atoms with Gasteiger partial charge < -0.3 is 15.1 Å². The Hall–Kier alpha value is -3.06. The van der Waals surface area contributed by atoms with Crippen molar-refractivity contribution < 1.29 is 9.59 Å². The summed E-state index contributed by atoms with van der Waals surface area (Å²) in [6, 6.07) is 22.9. The number of hydrogen-bond donors (Lipinski definition) is 1. The minimum atomic E-state index is -0.0712. The molecule has 1 saturated heterocycles. The fraction of sp³-hybridized carbons (Fsp3) is 0.241. The molecule has 2 amide bonds. The van der Waals surface area contributed by atoms with Crippen molar-refractivity contribution in [2.45, 2.75) is 24.3 Å². The predicted molar refractivity (Wildman–Crippen MR) is 147 cm³/mol. The van der Waals surface area contributed by atoms with Gasteiger partial charge in [-0.15, -0.1) is 0 Å². The number of para-hydroxylation sites is 1. The highest BCUT2D eigenvalue weighted by atomic mass is 35.5. The maximum absolute atomic E-state index is 13.5. The third kappa shape index (κ3) is 5.84. The number of fused-ring (bicyclic) bond motifs is 1. The number of carbonyl (C=O) groups is 2. The molecule has 0 saturated carbocycles. The smallest absolute Gasteiger partial charge is 0.265 e. The number of anilines is 1. The van der Waals surface area contributed by atoms with Gasteiger partial charge in [0, 0.05) is 28.6 Å². The van der Waals surface area contributed by atoms with Gasteiger partial charge in [0.05, 0.1) is 17.1 Å². The van der Waals surface area contributed by atoms with Crippen LogP contribution in [0.25, 0.3) is 6.08 Å². The zero-order chi connectivity index (χ0) is 24.9. The van der Waals surface area contributed by atoms with Crippen molar-refractivity contribution in [1.29, 1.82) is 0 Å². The highest BCUT2D eigenvalue weighted by Crippen LogP contribution is 2.42. The van der Waals surface area contributed by atoms with E-state index in [1.54, 1.807) is 4.90 Å². The van der Waals surface area contributed by atoms with Crippen LogP contribution in [0.15, 0.2) is 82.6 Å². The molecule has 5 rings (SSSR count). The molecule has 0 aliphatic carbocycles. The van der Waals surface area contributed by atoms with E-state index in [9.17, 15) is 9.59 Å². The first kappa shape index (κ1) is 24.6. The van der Waals surface area contributed by atoms with Crippen LogP contribution < -0.4 is 10.2 Å². The molecule has 5 nitrogen and oxygen atoms in total. The van der Waals surface area contributed by atoms with Crippen molar-refractivity contribution in [2.24, 2.45) is 0 Å².